The van der Waals surface area contributed by atoms with Gasteiger partial charge in [-0.2, -0.15) is 0 Å². The number of carbonyl (C=O) groups is 1. The first-order chi connectivity index (χ1) is 7.13. The fourth-order valence-corrected chi connectivity index (χ4v) is 1.74. The summed E-state index contributed by atoms with van der Waals surface area (Å²) in [7, 11) is 0. The Balaban J connectivity index is 2.45. The van der Waals surface area contributed by atoms with E-state index in [-0.39, 0.29) is 11.8 Å². The van der Waals surface area contributed by atoms with Crippen LogP contribution in [-0.4, -0.2) is 12.6 Å². The van der Waals surface area contributed by atoms with Gasteiger partial charge in [0.1, 0.15) is 5.83 Å². The largest absolute Gasteiger partial charge is 0.466 e. The third-order valence-corrected chi connectivity index (χ3v) is 2.60. The Bertz CT molecular complexity index is 308. The Kier molecular flexibility index (Phi) is 4.82. The highest BCUT2D eigenvalue weighted by Crippen LogP contribution is 2.29. The molecule has 4 heteroatoms. The second-order valence-electron chi connectivity index (χ2n) is 3.35. The molecule has 0 atom stereocenters. The van der Waals surface area contributed by atoms with Crippen molar-refractivity contribution >= 4 is 17.6 Å². The van der Waals surface area contributed by atoms with E-state index in [9.17, 15) is 9.18 Å². The lowest BCUT2D eigenvalue weighted by Crippen LogP contribution is -2.05. The number of halogens is 2. The molecule has 0 unspecified atom stereocenters. The first kappa shape index (κ1) is 12.2. The summed E-state index contributed by atoms with van der Waals surface area (Å²) in [5, 5.41) is 0.433. The highest BCUT2D eigenvalue weighted by atomic mass is 35.5. The van der Waals surface area contributed by atoms with Crippen LogP contribution in [-0.2, 0) is 9.53 Å². The summed E-state index contributed by atoms with van der Waals surface area (Å²) in [6.45, 7) is 2.16. The van der Waals surface area contributed by atoms with Gasteiger partial charge in [-0.25, -0.2) is 4.39 Å². The van der Waals surface area contributed by atoms with Crippen LogP contribution in [0.1, 0.15) is 32.6 Å². The van der Waals surface area contributed by atoms with Crippen molar-refractivity contribution in [3.63, 3.8) is 0 Å². The van der Waals surface area contributed by atoms with Crippen LogP contribution < -0.4 is 0 Å². The molecule has 0 aliphatic heterocycles. The fourth-order valence-electron chi connectivity index (χ4n) is 1.43. The minimum Gasteiger partial charge on any atom is -0.466 e. The fraction of sp³-hybridized carbons (Fsp3) is 0.545. The molecule has 84 valence electrons. The molecular formula is C11H14ClFO2. The molecule has 1 aliphatic carbocycles. The molecule has 2 nitrogen and oxygen atoms in total. The molecule has 0 aromatic carbocycles. The predicted molar refractivity (Wildman–Crippen MR) is 57.2 cm³/mol. The molecule has 0 saturated heterocycles. The second-order valence-corrected chi connectivity index (χ2v) is 3.75. The summed E-state index contributed by atoms with van der Waals surface area (Å²) in [5.41, 5.74) is 0.936. The van der Waals surface area contributed by atoms with Crippen molar-refractivity contribution in [3.05, 3.63) is 22.5 Å². The van der Waals surface area contributed by atoms with Gasteiger partial charge in [0, 0.05) is 17.9 Å². The average molecular weight is 233 g/mol. The van der Waals surface area contributed by atoms with E-state index < -0.39 is 0 Å². The van der Waals surface area contributed by atoms with Crippen LogP contribution in [0, 0.1) is 0 Å². The van der Waals surface area contributed by atoms with Gasteiger partial charge < -0.3 is 4.74 Å². The van der Waals surface area contributed by atoms with Gasteiger partial charge in [-0.1, -0.05) is 17.2 Å². The van der Waals surface area contributed by atoms with E-state index in [1.165, 1.54) is 6.08 Å². The third kappa shape index (κ3) is 4.04. The third-order valence-electron chi connectivity index (χ3n) is 2.22. The molecule has 1 rings (SSSR count). The van der Waals surface area contributed by atoms with Crippen molar-refractivity contribution in [2.45, 2.75) is 32.6 Å². The molecule has 0 N–H and O–H groups in total. The minimum atomic E-state index is -0.232. The van der Waals surface area contributed by atoms with E-state index in [0.29, 0.717) is 37.3 Å². The molecule has 0 radical (unpaired) electrons. The van der Waals surface area contributed by atoms with Crippen molar-refractivity contribution in [2.75, 3.05) is 6.61 Å². The Morgan fingerprint density at radius 3 is 2.93 bits per heavy atom. The van der Waals surface area contributed by atoms with Gasteiger partial charge in [0.05, 0.1) is 6.61 Å². The normalized spacial score (nSPS) is 16.3. The van der Waals surface area contributed by atoms with Gasteiger partial charge in [0.2, 0.25) is 0 Å². The molecule has 1 aliphatic rings. The van der Waals surface area contributed by atoms with Crippen molar-refractivity contribution < 1.29 is 13.9 Å². The van der Waals surface area contributed by atoms with Crippen molar-refractivity contribution in [1.82, 2.24) is 0 Å². The van der Waals surface area contributed by atoms with E-state index in [2.05, 4.69) is 0 Å². The van der Waals surface area contributed by atoms with Gasteiger partial charge in [0.25, 0.3) is 0 Å². The summed E-state index contributed by atoms with van der Waals surface area (Å²) < 4.78 is 17.6. The lowest BCUT2D eigenvalue weighted by Gasteiger charge is -2.12. The van der Waals surface area contributed by atoms with Crippen LogP contribution in [0.3, 0.4) is 0 Å². The minimum absolute atomic E-state index is 0.195. The monoisotopic (exact) mass is 232 g/mol. The van der Waals surface area contributed by atoms with E-state index in [4.69, 9.17) is 16.3 Å². The molecule has 0 spiro atoms. The SMILES string of the molecule is CCOC(=O)CCC1=C(Cl)C=C(F)CC1. The van der Waals surface area contributed by atoms with Crippen LogP contribution in [0.4, 0.5) is 4.39 Å². The number of allylic oxidation sites excluding steroid dienone is 4. The smallest absolute Gasteiger partial charge is 0.306 e. The molecule has 0 bridgehead atoms. The van der Waals surface area contributed by atoms with E-state index >= 15 is 0 Å². The van der Waals surface area contributed by atoms with Crippen LogP contribution in [0.5, 0.6) is 0 Å². The lowest BCUT2D eigenvalue weighted by atomic mass is 10.00. The summed E-state index contributed by atoms with van der Waals surface area (Å²) in [4.78, 5) is 11.1. The zero-order valence-corrected chi connectivity index (χ0v) is 9.44. The number of hydrogen-bond acceptors (Lipinski definition) is 2. The molecule has 0 fully saturated rings. The van der Waals surface area contributed by atoms with Crippen LogP contribution in [0.25, 0.3) is 0 Å². The van der Waals surface area contributed by atoms with Gasteiger partial charge >= 0.3 is 5.97 Å². The van der Waals surface area contributed by atoms with Gasteiger partial charge in [0.15, 0.2) is 0 Å². The van der Waals surface area contributed by atoms with Crippen molar-refractivity contribution in [1.29, 1.82) is 0 Å². The van der Waals surface area contributed by atoms with E-state index in [0.717, 1.165) is 5.57 Å². The Morgan fingerprint density at radius 2 is 2.33 bits per heavy atom. The molecule has 0 amide bonds. The Hall–Kier alpha value is -0.830. The number of carbonyl (C=O) groups excluding carboxylic acids is 1. The maximum Gasteiger partial charge on any atom is 0.306 e. The number of ether oxygens (including phenoxy) is 1. The quantitative estimate of drug-likeness (QED) is 0.694. The maximum atomic E-state index is 12.8. The molecule has 0 heterocycles. The zero-order valence-electron chi connectivity index (χ0n) is 8.69. The van der Waals surface area contributed by atoms with Gasteiger partial charge in [-0.05, 0) is 25.8 Å². The number of hydrogen-bond donors (Lipinski definition) is 0. The van der Waals surface area contributed by atoms with Crippen LogP contribution >= 0.6 is 11.6 Å². The Labute approximate surface area is 93.7 Å². The standard InChI is InChI=1S/C11H14ClFO2/c1-2-15-11(14)6-4-8-3-5-9(13)7-10(8)12/h7H,2-6H2,1H3. The van der Waals surface area contributed by atoms with Crippen molar-refractivity contribution in [2.24, 2.45) is 0 Å². The predicted octanol–water partition coefficient (Wildman–Crippen LogP) is 3.47. The average Bonchev–Trinajstić information content (AvgIpc) is 2.17. The summed E-state index contributed by atoms with van der Waals surface area (Å²) in [6, 6.07) is 0. The van der Waals surface area contributed by atoms with Crippen LogP contribution in [0.15, 0.2) is 22.5 Å². The van der Waals surface area contributed by atoms with Gasteiger partial charge in [-0.3, -0.25) is 4.79 Å². The topological polar surface area (TPSA) is 26.3 Å². The molecule has 0 saturated carbocycles. The summed E-state index contributed by atoms with van der Waals surface area (Å²) >= 11 is 5.85. The Morgan fingerprint density at radius 1 is 1.60 bits per heavy atom. The summed E-state index contributed by atoms with van der Waals surface area (Å²) in [5.74, 6) is -0.427. The van der Waals surface area contributed by atoms with E-state index in [1.807, 2.05) is 0 Å². The maximum absolute atomic E-state index is 12.8. The van der Waals surface area contributed by atoms with E-state index in [1.54, 1.807) is 6.92 Å². The highest BCUT2D eigenvalue weighted by Gasteiger charge is 2.13. The molecule has 0 aromatic heterocycles. The second kappa shape index (κ2) is 5.91. The number of esters is 1. The first-order valence-electron chi connectivity index (χ1n) is 5.02. The first-order valence-corrected chi connectivity index (χ1v) is 5.40. The van der Waals surface area contributed by atoms with Gasteiger partial charge in [-0.15, -0.1) is 0 Å². The summed E-state index contributed by atoms with van der Waals surface area (Å²) in [6.07, 6.45) is 3.18. The van der Waals surface area contributed by atoms with Crippen molar-refractivity contribution in [3.8, 4) is 0 Å². The van der Waals surface area contributed by atoms with Crippen LogP contribution in [0.2, 0.25) is 0 Å². The molecular weight excluding hydrogens is 219 g/mol. The molecule has 0 aromatic rings. The molecule has 15 heavy (non-hydrogen) atoms. The zero-order chi connectivity index (χ0) is 11.3. The highest BCUT2D eigenvalue weighted by molar-refractivity contribution is 6.31. The lowest BCUT2D eigenvalue weighted by molar-refractivity contribution is -0.143. The number of rotatable bonds is 4.